The summed E-state index contributed by atoms with van der Waals surface area (Å²) in [5.74, 6) is 0.381. The highest BCUT2D eigenvalue weighted by Crippen LogP contribution is 2.27. The van der Waals surface area contributed by atoms with Crippen LogP contribution in [0.3, 0.4) is 0 Å². The topological polar surface area (TPSA) is 88.0 Å². The molecule has 3 amide bonds. The van der Waals surface area contributed by atoms with E-state index in [1.165, 1.54) is 10.9 Å². The molecule has 1 fully saturated rings. The molecule has 1 aliphatic heterocycles. The van der Waals surface area contributed by atoms with E-state index in [2.05, 4.69) is 26.7 Å². The van der Waals surface area contributed by atoms with E-state index in [1.807, 2.05) is 38.2 Å². The van der Waals surface area contributed by atoms with Gasteiger partial charge in [0.15, 0.2) is 0 Å². The SMILES string of the molecule is CCC1(CC)C(=O)NC(=O)NC1=[NH+]CCc1c[nH]c2ccccc12. The fraction of sp³-hybridized carbons (Fsp3) is 0.389. The number of fused-ring (bicyclic) bond motifs is 1. The van der Waals surface area contributed by atoms with Crippen LogP contribution in [0.4, 0.5) is 4.79 Å². The fourth-order valence-corrected chi connectivity index (χ4v) is 3.40. The summed E-state index contributed by atoms with van der Waals surface area (Å²) in [4.78, 5) is 30.5. The molecular weight excluding hydrogens is 304 g/mol. The third-order valence-electron chi connectivity index (χ3n) is 4.96. The minimum Gasteiger partial charge on any atom is -0.361 e. The Kier molecular flexibility index (Phi) is 4.38. The van der Waals surface area contributed by atoms with Gasteiger partial charge in [-0.3, -0.25) is 15.1 Å². The number of aromatic nitrogens is 1. The largest absolute Gasteiger partial charge is 0.413 e. The zero-order valence-electron chi connectivity index (χ0n) is 14.0. The lowest BCUT2D eigenvalue weighted by Gasteiger charge is -2.30. The number of hydrogen-bond donors (Lipinski definition) is 4. The smallest absolute Gasteiger partial charge is 0.361 e. The van der Waals surface area contributed by atoms with E-state index in [1.54, 1.807) is 0 Å². The molecule has 0 atom stereocenters. The highest BCUT2D eigenvalue weighted by Gasteiger charge is 2.50. The number of carbonyl (C=O) groups excluding carboxylic acids is 2. The van der Waals surface area contributed by atoms with Crippen LogP contribution in [0.1, 0.15) is 32.3 Å². The van der Waals surface area contributed by atoms with Crippen molar-refractivity contribution in [3.05, 3.63) is 36.0 Å². The van der Waals surface area contributed by atoms with Crippen LogP contribution >= 0.6 is 0 Å². The number of amides is 3. The van der Waals surface area contributed by atoms with Gasteiger partial charge in [-0.05, 0) is 24.5 Å². The van der Waals surface area contributed by atoms with Crippen molar-refractivity contribution < 1.29 is 14.6 Å². The first kappa shape index (κ1) is 16.2. The molecule has 2 heterocycles. The van der Waals surface area contributed by atoms with E-state index < -0.39 is 11.4 Å². The lowest BCUT2D eigenvalue weighted by atomic mass is 9.78. The third kappa shape index (κ3) is 2.68. The molecule has 6 heteroatoms. The number of amidine groups is 1. The van der Waals surface area contributed by atoms with E-state index >= 15 is 0 Å². The van der Waals surface area contributed by atoms with Gasteiger partial charge in [-0.15, -0.1) is 0 Å². The van der Waals surface area contributed by atoms with Crippen LogP contribution in [0.2, 0.25) is 0 Å². The summed E-state index contributed by atoms with van der Waals surface area (Å²) in [6.07, 6.45) is 4.07. The van der Waals surface area contributed by atoms with Crippen LogP contribution in [0, 0.1) is 5.41 Å². The van der Waals surface area contributed by atoms with Crippen molar-refractivity contribution in [2.45, 2.75) is 33.1 Å². The number of benzene rings is 1. The van der Waals surface area contributed by atoms with Gasteiger partial charge in [0.1, 0.15) is 5.41 Å². The first-order chi connectivity index (χ1) is 11.6. The van der Waals surface area contributed by atoms with Crippen LogP contribution in [-0.2, 0) is 11.2 Å². The number of imide groups is 1. The normalized spacial score (nSPS) is 18.7. The average Bonchev–Trinajstić information content (AvgIpc) is 2.99. The maximum absolute atomic E-state index is 12.3. The second-order valence-corrected chi connectivity index (χ2v) is 6.11. The molecule has 3 rings (SSSR count). The van der Waals surface area contributed by atoms with Crippen molar-refractivity contribution in [1.29, 1.82) is 0 Å². The van der Waals surface area contributed by atoms with Crippen LogP contribution < -0.4 is 15.6 Å². The van der Waals surface area contributed by atoms with Crippen LogP contribution in [0.5, 0.6) is 0 Å². The maximum Gasteiger partial charge on any atom is 0.413 e. The van der Waals surface area contributed by atoms with Gasteiger partial charge in [-0.1, -0.05) is 32.0 Å². The van der Waals surface area contributed by atoms with Crippen molar-refractivity contribution >= 4 is 28.7 Å². The monoisotopic (exact) mass is 327 g/mol. The minimum absolute atomic E-state index is 0.231. The molecule has 0 bridgehead atoms. The Labute approximate surface area is 140 Å². The maximum atomic E-state index is 12.3. The summed E-state index contributed by atoms with van der Waals surface area (Å²) in [6, 6.07) is 7.70. The number of para-hydroxylation sites is 1. The van der Waals surface area contributed by atoms with Gasteiger partial charge in [-0.2, -0.15) is 5.32 Å². The standard InChI is InChI=1S/C18H22N4O2/c1-3-18(4-2)15(21-17(24)22-16(18)23)19-10-9-12-11-20-14-8-6-5-7-13(12)14/h5-8,11,20H,3-4,9-10H2,1-2H3,(H2,19,21,22,23,24)/p+1. The molecule has 126 valence electrons. The van der Waals surface area contributed by atoms with Crippen molar-refractivity contribution in [2.75, 3.05) is 6.54 Å². The lowest BCUT2D eigenvalue weighted by molar-refractivity contribution is -0.462. The molecule has 0 saturated carbocycles. The number of carbonyl (C=O) groups is 2. The number of aromatic amines is 1. The van der Waals surface area contributed by atoms with Crippen LogP contribution in [-0.4, -0.2) is 29.3 Å². The van der Waals surface area contributed by atoms with Crippen molar-refractivity contribution in [1.82, 2.24) is 15.6 Å². The van der Waals surface area contributed by atoms with E-state index in [0.717, 1.165) is 11.9 Å². The summed E-state index contributed by atoms with van der Waals surface area (Å²) in [5, 5.41) is 6.36. The Morgan fingerprint density at radius 3 is 2.58 bits per heavy atom. The van der Waals surface area contributed by atoms with E-state index in [9.17, 15) is 9.59 Å². The molecule has 0 radical (unpaired) electrons. The van der Waals surface area contributed by atoms with Gasteiger partial charge in [0, 0.05) is 23.5 Å². The second-order valence-electron chi connectivity index (χ2n) is 6.11. The summed E-state index contributed by atoms with van der Waals surface area (Å²) in [5.41, 5.74) is 1.64. The molecule has 24 heavy (non-hydrogen) atoms. The highest BCUT2D eigenvalue weighted by atomic mass is 16.2. The van der Waals surface area contributed by atoms with Crippen LogP contribution in [0.25, 0.3) is 10.9 Å². The summed E-state index contributed by atoms with van der Waals surface area (Å²) in [6.45, 7) is 4.57. The van der Waals surface area contributed by atoms with Gasteiger partial charge in [0.05, 0.1) is 6.54 Å². The van der Waals surface area contributed by atoms with Crippen molar-refractivity contribution in [3.63, 3.8) is 0 Å². The second kappa shape index (κ2) is 6.47. The lowest BCUT2D eigenvalue weighted by Crippen LogP contribution is -2.84. The number of nitrogens with one attached hydrogen (secondary N) is 4. The number of H-pyrrole nitrogens is 1. The quantitative estimate of drug-likeness (QED) is 0.656. The zero-order chi connectivity index (χ0) is 17.2. The van der Waals surface area contributed by atoms with Crippen molar-refractivity contribution in [2.24, 2.45) is 5.41 Å². The number of rotatable bonds is 5. The van der Waals surface area contributed by atoms with Gasteiger partial charge in [-0.25, -0.2) is 4.79 Å². The Morgan fingerprint density at radius 2 is 1.83 bits per heavy atom. The predicted octanol–water partition coefficient (Wildman–Crippen LogP) is 0.835. The first-order valence-corrected chi connectivity index (χ1v) is 8.39. The molecular formula is C18H23N4O2+. The predicted molar refractivity (Wildman–Crippen MR) is 92.5 cm³/mol. The average molecular weight is 327 g/mol. The van der Waals surface area contributed by atoms with E-state index in [0.29, 0.717) is 25.2 Å². The van der Waals surface area contributed by atoms with Gasteiger partial charge in [0.2, 0.25) is 5.91 Å². The first-order valence-electron chi connectivity index (χ1n) is 8.39. The molecule has 1 saturated heterocycles. The molecule has 6 nitrogen and oxygen atoms in total. The molecule has 1 aromatic carbocycles. The van der Waals surface area contributed by atoms with Gasteiger partial charge < -0.3 is 4.98 Å². The fourth-order valence-electron chi connectivity index (χ4n) is 3.40. The molecule has 4 N–H and O–H groups in total. The molecule has 0 unspecified atom stereocenters. The van der Waals surface area contributed by atoms with Gasteiger partial charge in [0.25, 0.3) is 5.84 Å². The van der Waals surface area contributed by atoms with Crippen molar-refractivity contribution in [3.8, 4) is 0 Å². The minimum atomic E-state index is -0.686. The summed E-state index contributed by atoms with van der Waals surface area (Å²) < 4.78 is 0. The number of urea groups is 1. The molecule has 0 spiro atoms. The molecule has 0 aliphatic carbocycles. The molecule has 2 aromatic rings. The molecule has 1 aromatic heterocycles. The Balaban J connectivity index is 1.81. The zero-order valence-corrected chi connectivity index (χ0v) is 14.0. The Morgan fingerprint density at radius 1 is 1.08 bits per heavy atom. The van der Waals surface area contributed by atoms with E-state index in [-0.39, 0.29) is 5.91 Å². The van der Waals surface area contributed by atoms with Crippen LogP contribution in [0.15, 0.2) is 30.5 Å². The number of hydrogen-bond acceptors (Lipinski definition) is 2. The van der Waals surface area contributed by atoms with E-state index in [4.69, 9.17) is 0 Å². The van der Waals surface area contributed by atoms with Gasteiger partial charge >= 0.3 is 6.03 Å². The Hall–Kier alpha value is -2.63. The summed E-state index contributed by atoms with van der Waals surface area (Å²) in [7, 11) is 0. The molecule has 1 aliphatic rings. The Bertz CT molecular complexity index is 802. The third-order valence-corrected chi connectivity index (χ3v) is 4.96. The summed E-state index contributed by atoms with van der Waals surface area (Å²) >= 11 is 0. The highest BCUT2D eigenvalue weighted by molar-refractivity contribution is 6.19.